The first-order chi connectivity index (χ1) is 30.9. The Hall–Kier alpha value is -6.36. The van der Waals surface area contributed by atoms with Gasteiger partial charge in [0.05, 0.1) is 10.7 Å². The van der Waals surface area contributed by atoms with E-state index in [0.717, 1.165) is 0 Å². The predicted molar refractivity (Wildman–Crippen MR) is 278 cm³/mol. The van der Waals surface area contributed by atoms with Crippen molar-refractivity contribution in [1.29, 1.82) is 0 Å². The van der Waals surface area contributed by atoms with Gasteiger partial charge in [-0.3, -0.25) is 0 Å². The first-order valence-electron chi connectivity index (χ1n) is 23.1. The average Bonchev–Trinajstić information content (AvgIpc) is 3.69. The van der Waals surface area contributed by atoms with E-state index in [1.165, 1.54) is 122 Å². The molecule has 312 valence electrons. The first kappa shape index (κ1) is 39.3. The summed E-state index contributed by atoms with van der Waals surface area (Å²) in [6.45, 7) is 16.7. The maximum Gasteiger partial charge on any atom is 0.334 e. The van der Waals surface area contributed by atoms with Gasteiger partial charge in [-0.05, 0) is 144 Å². The van der Waals surface area contributed by atoms with Crippen molar-refractivity contribution in [2.45, 2.75) is 77.6 Å². The molecule has 12 rings (SSSR count). The molecule has 0 unspecified atom stereocenters. The maximum atomic E-state index is 2.73. The Morgan fingerprint density at radius 1 is 0.516 bits per heavy atom. The predicted octanol–water partition coefficient (Wildman–Crippen LogP) is 15.7. The highest BCUT2D eigenvalue weighted by molar-refractivity contribution is 7.26. The highest BCUT2D eigenvalue weighted by atomic mass is 32.1. The lowest BCUT2D eigenvalue weighted by atomic mass is 9.43. The number of benzene rings is 8. The molecule has 3 heterocycles. The molecule has 4 heteroatoms. The average molecular weight is 845 g/mol. The first-order valence-corrected chi connectivity index (χ1v) is 23.9. The maximum absolute atomic E-state index is 2.73. The third-order valence-corrected chi connectivity index (χ3v) is 16.0. The molecular weight excluding hydrogens is 792 g/mol. The number of rotatable bonds is 4. The van der Waals surface area contributed by atoms with Crippen molar-refractivity contribution >= 4 is 77.7 Å². The number of anilines is 5. The Bertz CT molecular complexity index is 3340. The zero-order valence-electron chi connectivity index (χ0n) is 38.0. The van der Waals surface area contributed by atoms with Crippen molar-refractivity contribution in [2.24, 2.45) is 0 Å². The van der Waals surface area contributed by atoms with Crippen LogP contribution in [-0.2, 0) is 16.2 Å². The standard InChI is InChI=1S/C60H53BN2S/c1-58(2,3)42-27-31-50(46(36-42)39-20-12-9-13-21-39)62-52-35-41-22-14-15-23-44(41)54-47-34-40(38-18-10-8-11-19-38)26-30-51(47)63(43-28-29-48-49(37-43)60(6,7)33-32-59(48,4)5)61(56(52)54)55-45-24-16-17-25-53(45)64-57(55)62/h8-31,34-37H,32-33H2,1-7H3. The topological polar surface area (TPSA) is 6.48 Å². The second-order valence-electron chi connectivity index (χ2n) is 20.8. The van der Waals surface area contributed by atoms with E-state index in [4.69, 9.17) is 0 Å². The molecule has 0 saturated carbocycles. The van der Waals surface area contributed by atoms with E-state index in [1.807, 2.05) is 11.3 Å². The number of fused-ring (bicyclic) bond motifs is 9. The molecule has 64 heavy (non-hydrogen) atoms. The monoisotopic (exact) mass is 844 g/mol. The van der Waals surface area contributed by atoms with Crippen molar-refractivity contribution in [1.82, 2.24) is 0 Å². The molecule has 0 amide bonds. The molecule has 2 aliphatic heterocycles. The van der Waals surface area contributed by atoms with Crippen LogP contribution < -0.4 is 20.6 Å². The smallest absolute Gasteiger partial charge is 0.334 e. The highest BCUT2D eigenvalue weighted by Crippen LogP contribution is 2.55. The second kappa shape index (κ2) is 14.1. The van der Waals surface area contributed by atoms with Gasteiger partial charge in [-0.2, -0.15) is 0 Å². The van der Waals surface area contributed by atoms with Crippen LogP contribution in [0.4, 0.5) is 27.8 Å². The molecule has 1 aliphatic carbocycles. The van der Waals surface area contributed by atoms with Gasteiger partial charge in [0.1, 0.15) is 0 Å². The minimum atomic E-state index is -0.0844. The van der Waals surface area contributed by atoms with E-state index in [-0.39, 0.29) is 23.1 Å². The van der Waals surface area contributed by atoms with Crippen molar-refractivity contribution in [3.05, 3.63) is 187 Å². The number of hydrogen-bond donors (Lipinski definition) is 0. The summed E-state index contributed by atoms with van der Waals surface area (Å²) in [4.78, 5) is 5.39. The van der Waals surface area contributed by atoms with Crippen molar-refractivity contribution in [3.63, 3.8) is 0 Å². The summed E-state index contributed by atoms with van der Waals surface area (Å²) >= 11 is 1.93. The zero-order chi connectivity index (χ0) is 43.7. The molecular formula is C60H53BN2S. The minimum absolute atomic E-state index is 0.0146. The lowest BCUT2D eigenvalue weighted by Gasteiger charge is -2.47. The van der Waals surface area contributed by atoms with Gasteiger partial charge in [0.15, 0.2) is 0 Å². The Balaban J connectivity index is 1.23. The number of nitrogens with zero attached hydrogens (tertiary/aromatic N) is 2. The van der Waals surface area contributed by atoms with Crippen LogP contribution in [0.15, 0.2) is 170 Å². The fourth-order valence-corrected chi connectivity index (χ4v) is 12.6. The summed E-state index contributed by atoms with van der Waals surface area (Å²) in [5, 5.41) is 5.15. The molecule has 0 spiro atoms. The van der Waals surface area contributed by atoms with E-state index < -0.39 is 0 Å². The Morgan fingerprint density at radius 2 is 1.17 bits per heavy atom. The van der Waals surface area contributed by atoms with E-state index in [9.17, 15) is 0 Å². The Morgan fingerprint density at radius 3 is 1.92 bits per heavy atom. The molecule has 8 aromatic carbocycles. The summed E-state index contributed by atoms with van der Waals surface area (Å²) in [5.74, 6) is 0. The van der Waals surface area contributed by atoms with Gasteiger partial charge < -0.3 is 9.71 Å². The van der Waals surface area contributed by atoms with Crippen LogP contribution in [0.1, 0.15) is 78.0 Å². The molecule has 0 saturated heterocycles. The van der Waals surface area contributed by atoms with Crippen molar-refractivity contribution in [3.8, 4) is 33.4 Å². The Kier molecular flexibility index (Phi) is 8.63. The van der Waals surface area contributed by atoms with Crippen molar-refractivity contribution in [2.75, 3.05) is 9.71 Å². The third-order valence-electron chi connectivity index (χ3n) is 14.9. The van der Waals surface area contributed by atoms with Crippen molar-refractivity contribution < 1.29 is 0 Å². The van der Waals surface area contributed by atoms with Gasteiger partial charge >= 0.3 is 6.85 Å². The van der Waals surface area contributed by atoms with Gasteiger partial charge in [0.2, 0.25) is 0 Å². The lowest BCUT2D eigenvalue weighted by molar-refractivity contribution is 0.332. The van der Waals surface area contributed by atoms with E-state index in [0.29, 0.717) is 0 Å². The van der Waals surface area contributed by atoms with Crippen LogP contribution in [0, 0.1) is 0 Å². The highest BCUT2D eigenvalue weighted by Gasteiger charge is 2.48. The van der Waals surface area contributed by atoms with Crippen LogP contribution >= 0.6 is 11.3 Å². The largest absolute Gasteiger partial charge is 0.376 e. The van der Waals surface area contributed by atoms with E-state index in [2.05, 4.69) is 228 Å². The molecule has 0 bridgehead atoms. The van der Waals surface area contributed by atoms with Gasteiger partial charge in [-0.1, -0.05) is 170 Å². The zero-order valence-corrected chi connectivity index (χ0v) is 38.8. The summed E-state index contributed by atoms with van der Waals surface area (Å²) in [6, 6.07) is 64.7. The number of hydrogen-bond acceptors (Lipinski definition) is 3. The molecule has 9 aromatic rings. The minimum Gasteiger partial charge on any atom is -0.376 e. The number of thiophene rings is 1. The molecule has 0 fully saturated rings. The van der Waals surface area contributed by atoms with Crippen LogP contribution in [0.2, 0.25) is 0 Å². The fraction of sp³-hybridized carbons (Fsp3) is 0.200. The fourth-order valence-electron chi connectivity index (χ4n) is 11.3. The second-order valence-corrected chi connectivity index (χ2v) is 21.8. The van der Waals surface area contributed by atoms with Gasteiger partial charge in [-0.15, -0.1) is 11.3 Å². The summed E-state index contributed by atoms with van der Waals surface area (Å²) in [5.41, 5.74) is 19.7. The molecule has 1 aromatic heterocycles. The van der Waals surface area contributed by atoms with Crippen LogP contribution in [0.25, 0.3) is 54.2 Å². The molecule has 0 atom stereocenters. The van der Waals surface area contributed by atoms with Crippen LogP contribution in [0.3, 0.4) is 0 Å². The third kappa shape index (κ3) is 5.91. The van der Waals surface area contributed by atoms with E-state index >= 15 is 0 Å². The molecule has 0 N–H and O–H groups in total. The summed E-state index contributed by atoms with van der Waals surface area (Å²) in [6.07, 6.45) is 2.36. The van der Waals surface area contributed by atoms with Crippen LogP contribution in [-0.4, -0.2) is 6.85 Å². The van der Waals surface area contributed by atoms with Gasteiger partial charge in [-0.25, -0.2) is 0 Å². The van der Waals surface area contributed by atoms with Crippen LogP contribution in [0.5, 0.6) is 0 Å². The molecule has 2 nitrogen and oxygen atoms in total. The van der Waals surface area contributed by atoms with E-state index in [1.54, 1.807) is 0 Å². The van der Waals surface area contributed by atoms with Gasteiger partial charge in [0, 0.05) is 32.9 Å². The SMILES string of the molecule is CC(C)(C)c1ccc(N2c3cc4ccccc4c4c3B(c3c2sc2ccccc32)N(c2ccc3c(c2)C(C)(C)CCC3(C)C)c2ccc(-c3ccccc3)cc2-4)c(-c2ccccc2)c1. The quantitative estimate of drug-likeness (QED) is 0.163. The normalized spacial score (nSPS) is 15.8. The summed E-state index contributed by atoms with van der Waals surface area (Å²) in [7, 11) is 0. The lowest BCUT2D eigenvalue weighted by Crippen LogP contribution is -2.61. The van der Waals surface area contributed by atoms with Gasteiger partial charge in [0.25, 0.3) is 0 Å². The molecule has 3 aliphatic rings. The Labute approximate surface area is 383 Å². The molecule has 0 radical (unpaired) electrons. The summed E-state index contributed by atoms with van der Waals surface area (Å²) < 4.78 is 1.31.